The van der Waals surface area contributed by atoms with E-state index in [1.165, 1.54) is 19.2 Å². The SMILES string of the molecule is CCCCCN(C)c1ncnc(Cl)c1C=O. The quantitative estimate of drug-likeness (QED) is 0.436. The van der Waals surface area contributed by atoms with Crippen molar-refractivity contribution in [1.82, 2.24) is 9.97 Å². The number of hydrogen-bond donors (Lipinski definition) is 0. The monoisotopic (exact) mass is 241 g/mol. The van der Waals surface area contributed by atoms with Gasteiger partial charge in [-0.25, -0.2) is 9.97 Å². The molecule has 1 rings (SSSR count). The van der Waals surface area contributed by atoms with E-state index in [2.05, 4.69) is 16.9 Å². The average molecular weight is 242 g/mol. The van der Waals surface area contributed by atoms with Crippen LogP contribution in [0.1, 0.15) is 36.5 Å². The third-order valence-corrected chi connectivity index (χ3v) is 2.69. The van der Waals surface area contributed by atoms with Crippen molar-refractivity contribution in [3.05, 3.63) is 17.0 Å². The maximum Gasteiger partial charge on any atom is 0.156 e. The Morgan fingerprint density at radius 3 is 2.81 bits per heavy atom. The van der Waals surface area contributed by atoms with E-state index in [0.717, 1.165) is 13.0 Å². The first-order chi connectivity index (χ1) is 7.70. The molecule has 5 heteroatoms. The topological polar surface area (TPSA) is 46.1 Å². The third-order valence-electron chi connectivity index (χ3n) is 2.39. The van der Waals surface area contributed by atoms with E-state index in [-0.39, 0.29) is 5.15 Å². The predicted octanol–water partition coefficient (Wildman–Crippen LogP) is 2.57. The van der Waals surface area contributed by atoms with Gasteiger partial charge in [0.2, 0.25) is 0 Å². The lowest BCUT2D eigenvalue weighted by atomic mass is 10.2. The minimum absolute atomic E-state index is 0.211. The second-order valence-corrected chi connectivity index (χ2v) is 4.01. The number of nitrogens with zero attached hydrogens (tertiary/aromatic N) is 3. The van der Waals surface area contributed by atoms with Crippen LogP contribution in [-0.2, 0) is 0 Å². The summed E-state index contributed by atoms with van der Waals surface area (Å²) in [6.07, 6.45) is 5.49. The number of hydrogen-bond acceptors (Lipinski definition) is 4. The molecule has 0 spiro atoms. The van der Waals surface area contributed by atoms with Crippen LogP contribution < -0.4 is 4.90 Å². The van der Waals surface area contributed by atoms with Crippen molar-refractivity contribution < 1.29 is 4.79 Å². The molecule has 0 saturated heterocycles. The van der Waals surface area contributed by atoms with Crippen molar-refractivity contribution in [1.29, 1.82) is 0 Å². The number of carbonyl (C=O) groups excluding carboxylic acids is 1. The minimum atomic E-state index is 0.211. The maximum atomic E-state index is 10.9. The zero-order valence-corrected chi connectivity index (χ0v) is 10.4. The molecule has 0 atom stereocenters. The van der Waals surface area contributed by atoms with Crippen molar-refractivity contribution in [2.24, 2.45) is 0 Å². The van der Waals surface area contributed by atoms with Crippen LogP contribution in [0.15, 0.2) is 6.33 Å². The Labute approximate surface area is 101 Å². The molecule has 0 aliphatic carbocycles. The van der Waals surface area contributed by atoms with Crippen LogP contribution in [0.25, 0.3) is 0 Å². The predicted molar refractivity (Wildman–Crippen MR) is 65.2 cm³/mol. The van der Waals surface area contributed by atoms with Gasteiger partial charge in [0, 0.05) is 13.6 Å². The van der Waals surface area contributed by atoms with Crippen molar-refractivity contribution in [3.63, 3.8) is 0 Å². The molecule has 0 unspecified atom stereocenters. The average Bonchev–Trinajstić information content (AvgIpc) is 2.29. The van der Waals surface area contributed by atoms with Gasteiger partial charge in [-0.2, -0.15) is 0 Å². The highest BCUT2D eigenvalue weighted by Crippen LogP contribution is 2.20. The first-order valence-electron chi connectivity index (χ1n) is 5.37. The second-order valence-electron chi connectivity index (χ2n) is 3.65. The fraction of sp³-hybridized carbons (Fsp3) is 0.545. The smallest absolute Gasteiger partial charge is 0.156 e. The highest BCUT2D eigenvalue weighted by molar-refractivity contribution is 6.32. The van der Waals surface area contributed by atoms with Crippen LogP contribution in [-0.4, -0.2) is 29.8 Å². The number of carbonyl (C=O) groups is 1. The Kier molecular flexibility index (Phi) is 5.19. The Hall–Kier alpha value is -1.16. The van der Waals surface area contributed by atoms with E-state index in [4.69, 9.17) is 11.6 Å². The molecular formula is C11H16ClN3O. The van der Waals surface area contributed by atoms with Crippen LogP contribution in [0.5, 0.6) is 0 Å². The standard InChI is InChI=1S/C11H16ClN3O/c1-3-4-5-6-15(2)11-9(7-16)10(12)13-8-14-11/h7-8H,3-6H2,1-2H3. The zero-order valence-electron chi connectivity index (χ0n) is 9.61. The van der Waals surface area contributed by atoms with Crippen molar-refractivity contribution in [2.75, 3.05) is 18.5 Å². The summed E-state index contributed by atoms with van der Waals surface area (Å²) in [6, 6.07) is 0. The van der Waals surface area contributed by atoms with Crippen LogP contribution in [0.3, 0.4) is 0 Å². The van der Waals surface area contributed by atoms with E-state index < -0.39 is 0 Å². The van der Waals surface area contributed by atoms with Crippen molar-refractivity contribution in [2.45, 2.75) is 26.2 Å². The largest absolute Gasteiger partial charge is 0.359 e. The lowest BCUT2D eigenvalue weighted by molar-refractivity contribution is 0.112. The molecule has 88 valence electrons. The molecule has 16 heavy (non-hydrogen) atoms. The lowest BCUT2D eigenvalue weighted by Crippen LogP contribution is -2.21. The molecule has 1 aromatic rings. The van der Waals surface area contributed by atoms with E-state index in [1.807, 2.05) is 11.9 Å². The van der Waals surface area contributed by atoms with Crippen LogP contribution >= 0.6 is 11.6 Å². The molecule has 0 bridgehead atoms. The Balaban J connectivity index is 2.78. The number of rotatable bonds is 6. The van der Waals surface area contributed by atoms with E-state index >= 15 is 0 Å². The van der Waals surface area contributed by atoms with Gasteiger partial charge in [0.05, 0.1) is 5.56 Å². The van der Waals surface area contributed by atoms with Gasteiger partial charge in [0.15, 0.2) is 6.29 Å². The van der Waals surface area contributed by atoms with Gasteiger partial charge in [0.1, 0.15) is 17.3 Å². The molecule has 0 N–H and O–H groups in total. The lowest BCUT2D eigenvalue weighted by Gasteiger charge is -2.19. The first kappa shape index (κ1) is 12.9. The molecule has 0 amide bonds. The normalized spacial score (nSPS) is 10.2. The Morgan fingerprint density at radius 1 is 1.44 bits per heavy atom. The van der Waals surface area contributed by atoms with E-state index in [0.29, 0.717) is 17.7 Å². The number of aldehydes is 1. The second kappa shape index (κ2) is 6.43. The summed E-state index contributed by atoms with van der Waals surface area (Å²) < 4.78 is 0. The molecule has 1 aromatic heterocycles. The summed E-state index contributed by atoms with van der Waals surface area (Å²) in [7, 11) is 1.90. The number of aromatic nitrogens is 2. The number of unbranched alkanes of at least 4 members (excludes halogenated alkanes) is 2. The van der Waals surface area contributed by atoms with Crippen molar-refractivity contribution in [3.8, 4) is 0 Å². The molecule has 0 fully saturated rings. The molecular weight excluding hydrogens is 226 g/mol. The van der Waals surface area contributed by atoms with Crippen molar-refractivity contribution >= 4 is 23.7 Å². The third kappa shape index (κ3) is 3.17. The molecule has 0 aliphatic rings. The number of halogens is 1. The van der Waals surface area contributed by atoms with Crippen LogP contribution in [0.4, 0.5) is 5.82 Å². The van der Waals surface area contributed by atoms with Crippen LogP contribution in [0.2, 0.25) is 5.15 Å². The van der Waals surface area contributed by atoms with Gasteiger partial charge in [-0.1, -0.05) is 31.4 Å². The summed E-state index contributed by atoms with van der Waals surface area (Å²) in [5, 5.41) is 0.211. The van der Waals surface area contributed by atoms with Gasteiger partial charge in [-0.05, 0) is 6.42 Å². The summed E-state index contributed by atoms with van der Waals surface area (Å²) in [5.74, 6) is 0.603. The highest BCUT2D eigenvalue weighted by Gasteiger charge is 2.12. The molecule has 0 aliphatic heterocycles. The molecule has 0 radical (unpaired) electrons. The van der Waals surface area contributed by atoms with E-state index in [1.54, 1.807) is 0 Å². The van der Waals surface area contributed by atoms with Gasteiger partial charge >= 0.3 is 0 Å². The number of anilines is 1. The van der Waals surface area contributed by atoms with Crippen LogP contribution in [0, 0.1) is 0 Å². The molecule has 4 nitrogen and oxygen atoms in total. The summed E-state index contributed by atoms with van der Waals surface area (Å²) in [6.45, 7) is 3.01. The van der Waals surface area contributed by atoms with Gasteiger partial charge in [-0.3, -0.25) is 4.79 Å². The summed E-state index contributed by atoms with van der Waals surface area (Å²) in [4.78, 5) is 20.7. The summed E-state index contributed by atoms with van der Waals surface area (Å²) in [5.41, 5.74) is 0.364. The summed E-state index contributed by atoms with van der Waals surface area (Å²) >= 11 is 5.83. The Morgan fingerprint density at radius 2 is 2.19 bits per heavy atom. The fourth-order valence-corrected chi connectivity index (χ4v) is 1.65. The molecule has 0 saturated carbocycles. The Bertz CT molecular complexity index is 357. The molecule has 1 heterocycles. The highest BCUT2D eigenvalue weighted by atomic mass is 35.5. The first-order valence-corrected chi connectivity index (χ1v) is 5.75. The maximum absolute atomic E-state index is 10.9. The van der Waals surface area contributed by atoms with Gasteiger partial charge < -0.3 is 4.90 Å². The zero-order chi connectivity index (χ0) is 12.0. The molecule has 0 aromatic carbocycles. The fourth-order valence-electron chi connectivity index (χ4n) is 1.48. The van der Waals surface area contributed by atoms with Gasteiger partial charge in [-0.15, -0.1) is 0 Å². The van der Waals surface area contributed by atoms with Gasteiger partial charge in [0.25, 0.3) is 0 Å². The van der Waals surface area contributed by atoms with E-state index in [9.17, 15) is 4.79 Å². The minimum Gasteiger partial charge on any atom is -0.359 e.